The van der Waals surface area contributed by atoms with Crippen molar-refractivity contribution in [3.63, 3.8) is 0 Å². The lowest BCUT2D eigenvalue weighted by molar-refractivity contribution is -0.125. The van der Waals surface area contributed by atoms with Gasteiger partial charge in [-0.05, 0) is 39.7 Å². The van der Waals surface area contributed by atoms with Gasteiger partial charge in [-0.25, -0.2) is 0 Å². The fourth-order valence-corrected chi connectivity index (χ4v) is 2.28. The highest BCUT2D eigenvalue weighted by Gasteiger charge is 2.23. The molecule has 3 N–H and O–H groups in total. The lowest BCUT2D eigenvalue weighted by Gasteiger charge is -2.35. The summed E-state index contributed by atoms with van der Waals surface area (Å²) in [6, 6.07) is 0.973. The monoisotopic (exact) mass is 241 g/mol. The summed E-state index contributed by atoms with van der Waals surface area (Å²) in [5.74, 6) is 0.210. The molecule has 1 aliphatic rings. The Morgan fingerprint density at radius 2 is 1.94 bits per heavy atom. The topological polar surface area (TPSA) is 58.4 Å². The Morgan fingerprint density at radius 3 is 2.41 bits per heavy atom. The quantitative estimate of drug-likeness (QED) is 0.754. The number of nitrogens with zero attached hydrogens (tertiary/aromatic N) is 1. The number of nitrogens with one attached hydrogen (secondary N) is 1. The third kappa shape index (κ3) is 4.64. The molecule has 1 atom stereocenters. The van der Waals surface area contributed by atoms with E-state index in [-0.39, 0.29) is 11.8 Å². The van der Waals surface area contributed by atoms with Gasteiger partial charge in [0.1, 0.15) is 0 Å². The van der Waals surface area contributed by atoms with Crippen molar-refractivity contribution < 1.29 is 4.79 Å². The van der Waals surface area contributed by atoms with Gasteiger partial charge in [-0.3, -0.25) is 4.79 Å². The van der Waals surface area contributed by atoms with E-state index in [4.69, 9.17) is 5.73 Å². The number of hydrogen-bond acceptors (Lipinski definition) is 3. The van der Waals surface area contributed by atoms with Crippen molar-refractivity contribution in [2.24, 2.45) is 11.7 Å². The minimum absolute atomic E-state index is 0.0446. The molecule has 0 aromatic carbocycles. The summed E-state index contributed by atoms with van der Waals surface area (Å²) < 4.78 is 0. The van der Waals surface area contributed by atoms with Gasteiger partial charge in [-0.2, -0.15) is 0 Å². The SMILES string of the molecule is CC(CCN)C(=O)NC1CCN(C(C)C)CC1. The summed E-state index contributed by atoms with van der Waals surface area (Å²) in [7, 11) is 0. The molecular formula is C13H27N3O. The molecule has 17 heavy (non-hydrogen) atoms. The molecule has 1 saturated heterocycles. The normalized spacial score (nSPS) is 20.5. The minimum Gasteiger partial charge on any atom is -0.353 e. The third-order valence-corrected chi connectivity index (χ3v) is 3.65. The van der Waals surface area contributed by atoms with Gasteiger partial charge in [-0.15, -0.1) is 0 Å². The highest BCUT2D eigenvalue weighted by atomic mass is 16.1. The van der Waals surface area contributed by atoms with Gasteiger partial charge in [-0.1, -0.05) is 6.92 Å². The van der Waals surface area contributed by atoms with Crippen LogP contribution in [0.2, 0.25) is 0 Å². The van der Waals surface area contributed by atoms with E-state index in [0.29, 0.717) is 18.6 Å². The van der Waals surface area contributed by atoms with E-state index in [2.05, 4.69) is 24.1 Å². The van der Waals surface area contributed by atoms with Crippen LogP contribution < -0.4 is 11.1 Å². The number of likely N-dealkylation sites (tertiary alicyclic amines) is 1. The van der Waals surface area contributed by atoms with Crippen LogP contribution in [0.1, 0.15) is 40.0 Å². The molecule has 1 aliphatic heterocycles. The van der Waals surface area contributed by atoms with E-state index in [1.54, 1.807) is 0 Å². The number of nitrogens with two attached hydrogens (primary N) is 1. The molecule has 1 rings (SSSR count). The van der Waals surface area contributed by atoms with Crippen molar-refractivity contribution in [1.82, 2.24) is 10.2 Å². The molecule has 0 saturated carbocycles. The number of amides is 1. The Morgan fingerprint density at radius 1 is 1.35 bits per heavy atom. The van der Waals surface area contributed by atoms with Crippen molar-refractivity contribution in [2.45, 2.75) is 52.1 Å². The van der Waals surface area contributed by atoms with Gasteiger partial charge >= 0.3 is 0 Å². The molecule has 0 aromatic rings. The van der Waals surface area contributed by atoms with Crippen molar-refractivity contribution >= 4 is 5.91 Å². The van der Waals surface area contributed by atoms with Crippen LogP contribution >= 0.6 is 0 Å². The molecule has 4 nitrogen and oxygen atoms in total. The third-order valence-electron chi connectivity index (χ3n) is 3.65. The first-order valence-corrected chi connectivity index (χ1v) is 6.79. The van der Waals surface area contributed by atoms with Crippen LogP contribution in [0.4, 0.5) is 0 Å². The summed E-state index contributed by atoms with van der Waals surface area (Å²) in [6.45, 7) is 9.16. The minimum atomic E-state index is 0.0446. The Balaban J connectivity index is 2.28. The molecule has 0 radical (unpaired) electrons. The maximum atomic E-state index is 11.8. The molecule has 1 unspecified atom stereocenters. The van der Waals surface area contributed by atoms with Crippen LogP contribution in [0, 0.1) is 5.92 Å². The number of piperidine rings is 1. The largest absolute Gasteiger partial charge is 0.353 e. The Hall–Kier alpha value is -0.610. The fraction of sp³-hybridized carbons (Fsp3) is 0.923. The average Bonchev–Trinajstić information content (AvgIpc) is 2.30. The van der Waals surface area contributed by atoms with E-state index in [1.165, 1.54) is 0 Å². The summed E-state index contributed by atoms with van der Waals surface area (Å²) in [6.07, 6.45) is 2.91. The second-order valence-electron chi connectivity index (χ2n) is 5.39. The maximum absolute atomic E-state index is 11.8. The number of carbonyl (C=O) groups excluding carboxylic acids is 1. The van der Waals surface area contributed by atoms with Crippen molar-refractivity contribution in [1.29, 1.82) is 0 Å². The average molecular weight is 241 g/mol. The van der Waals surface area contributed by atoms with Crippen LogP contribution in [0.25, 0.3) is 0 Å². The highest BCUT2D eigenvalue weighted by Crippen LogP contribution is 2.13. The fourth-order valence-electron chi connectivity index (χ4n) is 2.28. The molecule has 0 spiro atoms. The molecular weight excluding hydrogens is 214 g/mol. The lowest BCUT2D eigenvalue weighted by atomic mass is 10.0. The first-order chi connectivity index (χ1) is 8.04. The second kappa shape index (κ2) is 6.97. The summed E-state index contributed by atoms with van der Waals surface area (Å²) >= 11 is 0. The Kier molecular flexibility index (Phi) is 5.92. The van der Waals surface area contributed by atoms with Gasteiger partial charge in [0.2, 0.25) is 5.91 Å². The summed E-state index contributed by atoms with van der Waals surface area (Å²) in [4.78, 5) is 14.3. The van der Waals surface area contributed by atoms with Crippen LogP contribution in [0.15, 0.2) is 0 Å². The summed E-state index contributed by atoms with van der Waals surface area (Å²) in [5.41, 5.74) is 5.47. The molecule has 100 valence electrons. The van der Waals surface area contributed by atoms with E-state index >= 15 is 0 Å². The van der Waals surface area contributed by atoms with Gasteiger partial charge in [0.25, 0.3) is 0 Å². The van der Waals surface area contributed by atoms with E-state index in [1.807, 2.05) is 6.92 Å². The van der Waals surface area contributed by atoms with E-state index in [0.717, 1.165) is 32.4 Å². The van der Waals surface area contributed by atoms with Crippen molar-refractivity contribution in [2.75, 3.05) is 19.6 Å². The smallest absolute Gasteiger partial charge is 0.223 e. The number of carbonyl (C=O) groups is 1. The van der Waals surface area contributed by atoms with E-state index in [9.17, 15) is 4.79 Å². The Labute approximate surface area is 105 Å². The molecule has 1 amide bonds. The van der Waals surface area contributed by atoms with Gasteiger partial charge in [0.15, 0.2) is 0 Å². The van der Waals surface area contributed by atoms with Gasteiger partial charge in [0.05, 0.1) is 0 Å². The van der Waals surface area contributed by atoms with Gasteiger partial charge in [0, 0.05) is 31.1 Å². The van der Waals surface area contributed by atoms with Crippen LogP contribution in [0.3, 0.4) is 0 Å². The van der Waals surface area contributed by atoms with Crippen molar-refractivity contribution in [3.8, 4) is 0 Å². The zero-order valence-corrected chi connectivity index (χ0v) is 11.4. The highest BCUT2D eigenvalue weighted by molar-refractivity contribution is 5.78. The van der Waals surface area contributed by atoms with E-state index < -0.39 is 0 Å². The van der Waals surface area contributed by atoms with Crippen LogP contribution in [-0.2, 0) is 4.79 Å². The zero-order valence-electron chi connectivity index (χ0n) is 11.4. The predicted octanol–water partition coefficient (Wildman–Crippen LogP) is 0.960. The standard InChI is InChI=1S/C13H27N3O/c1-10(2)16-8-5-12(6-9-16)15-13(17)11(3)4-7-14/h10-12H,4-9,14H2,1-3H3,(H,15,17). The summed E-state index contributed by atoms with van der Waals surface area (Å²) in [5, 5.41) is 3.14. The maximum Gasteiger partial charge on any atom is 0.223 e. The predicted molar refractivity (Wildman–Crippen MR) is 70.7 cm³/mol. The molecule has 0 aromatic heterocycles. The van der Waals surface area contributed by atoms with Crippen LogP contribution in [0.5, 0.6) is 0 Å². The number of rotatable bonds is 5. The molecule has 4 heteroatoms. The molecule has 1 heterocycles. The molecule has 1 fully saturated rings. The zero-order chi connectivity index (χ0) is 12.8. The van der Waals surface area contributed by atoms with Gasteiger partial charge < -0.3 is 16.0 Å². The first kappa shape index (κ1) is 14.5. The van der Waals surface area contributed by atoms with Crippen molar-refractivity contribution in [3.05, 3.63) is 0 Å². The van der Waals surface area contributed by atoms with Crippen LogP contribution in [-0.4, -0.2) is 42.5 Å². The number of hydrogen-bond donors (Lipinski definition) is 2. The lowest BCUT2D eigenvalue weighted by Crippen LogP contribution is -2.47. The first-order valence-electron chi connectivity index (χ1n) is 6.79. The molecule has 0 aliphatic carbocycles. The molecule has 0 bridgehead atoms. The Bertz CT molecular complexity index is 235. The second-order valence-corrected chi connectivity index (χ2v) is 5.39.